The molecule has 0 unspecified atom stereocenters. The Morgan fingerprint density at radius 3 is 2.74 bits per heavy atom. The highest BCUT2D eigenvalue weighted by Gasteiger charge is 2.09. The van der Waals surface area contributed by atoms with Crippen molar-refractivity contribution in [2.45, 2.75) is 19.9 Å². The molecule has 0 heterocycles. The van der Waals surface area contributed by atoms with Crippen molar-refractivity contribution in [3.63, 3.8) is 0 Å². The predicted molar refractivity (Wildman–Crippen MR) is 79.9 cm³/mol. The summed E-state index contributed by atoms with van der Waals surface area (Å²) in [6.07, 6.45) is 0.563. The van der Waals surface area contributed by atoms with Gasteiger partial charge in [0.1, 0.15) is 0 Å². The van der Waals surface area contributed by atoms with Gasteiger partial charge in [0.25, 0.3) is 0 Å². The van der Waals surface area contributed by atoms with Crippen LogP contribution in [0.5, 0.6) is 0 Å². The molecule has 0 aliphatic carbocycles. The van der Waals surface area contributed by atoms with Gasteiger partial charge in [0.15, 0.2) is 0 Å². The number of methoxy groups -OCH3 is 1. The van der Waals surface area contributed by atoms with Gasteiger partial charge < -0.3 is 10.5 Å². The van der Waals surface area contributed by atoms with Gasteiger partial charge in [-0.1, -0.05) is 23.7 Å². The van der Waals surface area contributed by atoms with Gasteiger partial charge in [0, 0.05) is 38.2 Å². The molecule has 1 aromatic carbocycles. The van der Waals surface area contributed by atoms with Crippen molar-refractivity contribution < 1.29 is 4.74 Å². The zero-order valence-corrected chi connectivity index (χ0v) is 12.3. The van der Waals surface area contributed by atoms with Crippen LogP contribution in [0.25, 0.3) is 0 Å². The van der Waals surface area contributed by atoms with E-state index in [1.807, 2.05) is 19.1 Å². The van der Waals surface area contributed by atoms with Crippen LogP contribution in [0.1, 0.15) is 17.5 Å². The molecule has 0 aliphatic rings. The van der Waals surface area contributed by atoms with Crippen LogP contribution in [-0.4, -0.2) is 37.5 Å². The summed E-state index contributed by atoms with van der Waals surface area (Å²) in [6.45, 7) is 4.96. The average molecular weight is 284 g/mol. The molecule has 0 fully saturated rings. The second-order valence-corrected chi connectivity index (χ2v) is 5.05. The third-order valence-corrected chi connectivity index (χ3v) is 3.26. The molecule has 0 saturated heterocycles. The van der Waals surface area contributed by atoms with Crippen molar-refractivity contribution in [1.29, 1.82) is 5.41 Å². The monoisotopic (exact) mass is 283 g/mol. The van der Waals surface area contributed by atoms with Gasteiger partial charge in [-0.3, -0.25) is 10.3 Å². The highest BCUT2D eigenvalue weighted by atomic mass is 35.5. The highest BCUT2D eigenvalue weighted by molar-refractivity contribution is 6.31. The van der Waals surface area contributed by atoms with E-state index in [4.69, 9.17) is 27.5 Å². The summed E-state index contributed by atoms with van der Waals surface area (Å²) in [4.78, 5) is 2.20. The van der Waals surface area contributed by atoms with E-state index >= 15 is 0 Å². The molecule has 0 saturated carbocycles. The molecule has 1 aromatic rings. The summed E-state index contributed by atoms with van der Waals surface area (Å²) in [7, 11) is 1.68. The van der Waals surface area contributed by atoms with E-state index in [2.05, 4.69) is 11.0 Å². The molecule has 0 aliphatic heterocycles. The Bertz CT molecular complexity index is 423. The van der Waals surface area contributed by atoms with Gasteiger partial charge in [-0.2, -0.15) is 0 Å². The zero-order chi connectivity index (χ0) is 14.3. The maximum atomic E-state index is 7.31. The minimum atomic E-state index is 0.206. The second-order valence-electron chi connectivity index (χ2n) is 4.64. The first-order valence-corrected chi connectivity index (χ1v) is 6.70. The van der Waals surface area contributed by atoms with Crippen molar-refractivity contribution in [2.24, 2.45) is 5.73 Å². The molecule has 0 aromatic heterocycles. The number of halogens is 1. The van der Waals surface area contributed by atoms with Gasteiger partial charge >= 0.3 is 0 Å². The third-order valence-electron chi connectivity index (χ3n) is 2.91. The van der Waals surface area contributed by atoms with Crippen molar-refractivity contribution in [3.8, 4) is 0 Å². The van der Waals surface area contributed by atoms with Gasteiger partial charge in [0.2, 0.25) is 0 Å². The number of nitrogens with zero attached hydrogens (tertiary/aromatic N) is 1. The van der Waals surface area contributed by atoms with E-state index in [1.54, 1.807) is 7.11 Å². The summed E-state index contributed by atoms with van der Waals surface area (Å²) in [5.74, 6) is 0.206. The van der Waals surface area contributed by atoms with Crippen LogP contribution in [0, 0.1) is 12.3 Å². The fourth-order valence-corrected chi connectivity index (χ4v) is 2.09. The van der Waals surface area contributed by atoms with Gasteiger partial charge in [-0.25, -0.2) is 0 Å². The maximum absolute atomic E-state index is 7.31. The van der Waals surface area contributed by atoms with Gasteiger partial charge in [-0.05, 0) is 24.1 Å². The second kappa shape index (κ2) is 8.15. The molecule has 0 amide bonds. The first-order chi connectivity index (χ1) is 9.02. The Kier molecular flexibility index (Phi) is 6.84. The fourth-order valence-electron chi connectivity index (χ4n) is 1.79. The lowest BCUT2D eigenvalue weighted by Crippen LogP contribution is -2.30. The highest BCUT2D eigenvalue weighted by Crippen LogP contribution is 2.19. The molecule has 4 nitrogen and oxygen atoms in total. The van der Waals surface area contributed by atoms with Crippen molar-refractivity contribution in [2.75, 3.05) is 26.8 Å². The number of amidine groups is 1. The Morgan fingerprint density at radius 2 is 2.16 bits per heavy atom. The first kappa shape index (κ1) is 16.0. The summed E-state index contributed by atoms with van der Waals surface area (Å²) in [6, 6.07) is 6.07. The Labute approximate surface area is 120 Å². The van der Waals surface area contributed by atoms with E-state index < -0.39 is 0 Å². The Hall–Kier alpha value is -1.10. The van der Waals surface area contributed by atoms with Crippen LogP contribution in [0.3, 0.4) is 0 Å². The number of rotatable bonds is 8. The molecule has 0 bridgehead atoms. The normalized spacial score (nSPS) is 10.9. The van der Waals surface area contributed by atoms with Crippen LogP contribution in [0.4, 0.5) is 0 Å². The van der Waals surface area contributed by atoms with Crippen molar-refractivity contribution in [3.05, 3.63) is 34.3 Å². The molecular formula is C14H22ClN3O. The lowest BCUT2D eigenvalue weighted by Gasteiger charge is -2.22. The van der Waals surface area contributed by atoms with Gasteiger partial charge in [-0.15, -0.1) is 0 Å². The predicted octanol–water partition coefficient (Wildman–Crippen LogP) is 2.42. The van der Waals surface area contributed by atoms with Crippen molar-refractivity contribution in [1.82, 2.24) is 4.90 Å². The number of benzene rings is 1. The Balaban J connectivity index is 2.66. The largest absolute Gasteiger partial charge is 0.388 e. The van der Waals surface area contributed by atoms with E-state index in [-0.39, 0.29) is 5.84 Å². The standard InChI is InChI=1S/C14H22ClN3O/c1-11-3-4-12(13(15)9-11)10-18(7-8-19-2)6-5-14(16)17/h3-4,9H,5-8,10H2,1-2H3,(H3,16,17). The van der Waals surface area contributed by atoms with Crippen LogP contribution in [0.2, 0.25) is 5.02 Å². The number of nitrogens with one attached hydrogen (secondary N) is 1. The number of aryl methyl sites for hydroxylation is 1. The van der Waals surface area contributed by atoms with E-state index in [0.717, 1.165) is 35.8 Å². The number of hydrogen-bond acceptors (Lipinski definition) is 3. The molecule has 3 N–H and O–H groups in total. The summed E-state index contributed by atoms with van der Waals surface area (Å²) in [5.41, 5.74) is 7.66. The number of ether oxygens (including phenoxy) is 1. The lowest BCUT2D eigenvalue weighted by molar-refractivity contribution is 0.145. The zero-order valence-electron chi connectivity index (χ0n) is 11.6. The van der Waals surface area contributed by atoms with E-state index in [1.165, 1.54) is 0 Å². The lowest BCUT2D eigenvalue weighted by atomic mass is 10.1. The van der Waals surface area contributed by atoms with Crippen LogP contribution < -0.4 is 5.73 Å². The topological polar surface area (TPSA) is 62.3 Å². The van der Waals surface area contributed by atoms with E-state index in [0.29, 0.717) is 13.0 Å². The minimum Gasteiger partial charge on any atom is -0.388 e. The Morgan fingerprint density at radius 1 is 1.42 bits per heavy atom. The summed E-state index contributed by atoms with van der Waals surface area (Å²) >= 11 is 6.25. The first-order valence-electron chi connectivity index (χ1n) is 6.32. The fraction of sp³-hybridized carbons (Fsp3) is 0.500. The SMILES string of the molecule is COCCN(CCC(=N)N)Cc1ccc(C)cc1Cl. The maximum Gasteiger partial charge on any atom is 0.0918 e. The van der Waals surface area contributed by atoms with E-state index in [9.17, 15) is 0 Å². The van der Waals surface area contributed by atoms with Gasteiger partial charge in [0.05, 0.1) is 12.4 Å². The smallest absolute Gasteiger partial charge is 0.0918 e. The quantitative estimate of drug-likeness (QED) is 0.569. The molecule has 19 heavy (non-hydrogen) atoms. The molecular weight excluding hydrogens is 262 g/mol. The molecule has 106 valence electrons. The number of nitrogens with two attached hydrogens (primary N) is 1. The van der Waals surface area contributed by atoms with Crippen LogP contribution in [-0.2, 0) is 11.3 Å². The molecule has 0 radical (unpaired) electrons. The average Bonchev–Trinajstić information content (AvgIpc) is 2.35. The molecule has 0 spiro atoms. The molecule has 5 heteroatoms. The summed E-state index contributed by atoms with van der Waals surface area (Å²) < 4.78 is 5.11. The number of hydrogen-bond donors (Lipinski definition) is 2. The summed E-state index contributed by atoms with van der Waals surface area (Å²) in [5, 5.41) is 8.09. The third kappa shape index (κ3) is 6.05. The minimum absolute atomic E-state index is 0.206. The van der Waals surface area contributed by atoms with Crippen LogP contribution >= 0.6 is 11.6 Å². The van der Waals surface area contributed by atoms with Crippen LogP contribution in [0.15, 0.2) is 18.2 Å². The van der Waals surface area contributed by atoms with Crippen molar-refractivity contribution >= 4 is 17.4 Å². The molecule has 1 rings (SSSR count). The molecule has 0 atom stereocenters.